The normalized spacial score (nSPS) is 11.3. The fourth-order valence-electron chi connectivity index (χ4n) is 2.31. The lowest BCUT2D eigenvalue weighted by Crippen LogP contribution is -1.96. The molecule has 0 bridgehead atoms. The minimum Gasteiger partial charge on any atom is -0.478 e. The lowest BCUT2D eigenvalue weighted by Gasteiger charge is -2.09. The van der Waals surface area contributed by atoms with E-state index in [0.29, 0.717) is 0 Å². The molecule has 1 N–H and O–H groups in total. The number of carboxylic acids is 1. The first-order valence-electron chi connectivity index (χ1n) is 6.59. The van der Waals surface area contributed by atoms with Crippen molar-refractivity contribution in [2.45, 2.75) is 6.92 Å². The zero-order valence-corrected chi connectivity index (χ0v) is 11.5. The largest absolute Gasteiger partial charge is 0.478 e. The third-order valence-corrected chi connectivity index (χ3v) is 3.36. The van der Waals surface area contributed by atoms with Crippen molar-refractivity contribution < 1.29 is 9.90 Å². The molecule has 3 rings (SSSR count). The van der Waals surface area contributed by atoms with Gasteiger partial charge in [0, 0.05) is 6.08 Å². The van der Waals surface area contributed by atoms with Gasteiger partial charge in [-0.25, -0.2) is 9.78 Å². The summed E-state index contributed by atoms with van der Waals surface area (Å²) < 4.78 is 2.02. The van der Waals surface area contributed by atoms with Gasteiger partial charge in [-0.2, -0.15) is 0 Å². The summed E-state index contributed by atoms with van der Waals surface area (Å²) >= 11 is 0. The number of rotatable bonds is 3. The molecule has 0 aliphatic heterocycles. The van der Waals surface area contributed by atoms with Gasteiger partial charge in [-0.1, -0.05) is 24.3 Å². The smallest absolute Gasteiger partial charge is 0.328 e. The number of carbonyl (C=O) groups is 1. The predicted octanol–water partition coefficient (Wildman–Crippen LogP) is 3.43. The second kappa shape index (κ2) is 5.25. The van der Waals surface area contributed by atoms with Crippen LogP contribution in [0.4, 0.5) is 0 Å². The van der Waals surface area contributed by atoms with Crippen molar-refractivity contribution in [1.29, 1.82) is 0 Å². The van der Waals surface area contributed by atoms with Gasteiger partial charge in [0.05, 0.1) is 16.7 Å². The zero-order valence-electron chi connectivity index (χ0n) is 11.5. The summed E-state index contributed by atoms with van der Waals surface area (Å²) in [5.74, 6) is -0.954. The molecule has 2 aromatic carbocycles. The van der Waals surface area contributed by atoms with E-state index in [9.17, 15) is 4.79 Å². The first kappa shape index (κ1) is 13.1. The fourth-order valence-corrected chi connectivity index (χ4v) is 2.31. The molecule has 0 saturated heterocycles. The third kappa shape index (κ3) is 2.56. The fraction of sp³-hybridized carbons (Fsp3) is 0.0588. The number of hydrogen-bond acceptors (Lipinski definition) is 2. The number of carboxylic acid groups (broad SMARTS) is 1. The Balaban J connectivity index is 2.13. The molecule has 4 heteroatoms. The number of hydrogen-bond donors (Lipinski definition) is 1. The maximum Gasteiger partial charge on any atom is 0.328 e. The molecule has 0 aliphatic carbocycles. The van der Waals surface area contributed by atoms with Crippen molar-refractivity contribution in [2.75, 3.05) is 0 Å². The number of fused-ring (bicyclic) bond motifs is 1. The molecule has 0 fully saturated rings. The van der Waals surface area contributed by atoms with E-state index in [1.54, 1.807) is 12.4 Å². The van der Waals surface area contributed by atoms with Crippen molar-refractivity contribution in [3.05, 3.63) is 66.0 Å². The van der Waals surface area contributed by atoms with Crippen LogP contribution in [-0.2, 0) is 4.79 Å². The molecule has 21 heavy (non-hydrogen) atoms. The second-order valence-electron chi connectivity index (χ2n) is 4.82. The summed E-state index contributed by atoms with van der Waals surface area (Å²) in [4.78, 5) is 15.0. The van der Waals surface area contributed by atoms with Gasteiger partial charge in [-0.05, 0) is 42.3 Å². The molecular formula is C17H14N2O2. The number of aryl methyl sites for hydroxylation is 1. The maximum absolute atomic E-state index is 10.6. The Morgan fingerprint density at radius 3 is 2.86 bits per heavy atom. The Bertz CT molecular complexity index is 847. The van der Waals surface area contributed by atoms with Crippen LogP contribution < -0.4 is 0 Å². The van der Waals surface area contributed by atoms with E-state index in [1.165, 1.54) is 0 Å². The van der Waals surface area contributed by atoms with E-state index in [1.807, 2.05) is 54.0 Å². The van der Waals surface area contributed by atoms with Crippen molar-refractivity contribution in [1.82, 2.24) is 9.55 Å². The number of aliphatic carboxylic acids is 1. The van der Waals surface area contributed by atoms with E-state index >= 15 is 0 Å². The van der Waals surface area contributed by atoms with Gasteiger partial charge in [-0.3, -0.25) is 4.57 Å². The molecule has 0 aliphatic rings. The van der Waals surface area contributed by atoms with Crippen molar-refractivity contribution in [2.24, 2.45) is 0 Å². The van der Waals surface area contributed by atoms with Crippen LogP contribution in [0, 0.1) is 6.92 Å². The molecule has 0 atom stereocenters. The maximum atomic E-state index is 10.6. The highest BCUT2D eigenvalue weighted by atomic mass is 16.4. The summed E-state index contributed by atoms with van der Waals surface area (Å²) in [6, 6.07) is 13.8. The molecule has 0 unspecified atom stereocenters. The van der Waals surface area contributed by atoms with E-state index in [4.69, 9.17) is 5.11 Å². The standard InChI is InChI=1S/C17H14N2O2/c1-12-6-7-13(8-9-17(20)21)10-16(12)19-11-18-14-4-2-3-5-15(14)19/h2-11H,1H3,(H,20,21)/b9-8+. The van der Waals surface area contributed by atoms with Gasteiger partial charge in [0.15, 0.2) is 0 Å². The number of aromatic nitrogens is 2. The summed E-state index contributed by atoms with van der Waals surface area (Å²) in [6.45, 7) is 2.02. The number of imidazole rings is 1. The van der Waals surface area contributed by atoms with Gasteiger partial charge in [0.1, 0.15) is 6.33 Å². The summed E-state index contributed by atoms with van der Waals surface area (Å²) in [5, 5.41) is 8.72. The minimum absolute atomic E-state index is 0.843. The molecule has 104 valence electrons. The third-order valence-electron chi connectivity index (χ3n) is 3.36. The monoisotopic (exact) mass is 278 g/mol. The SMILES string of the molecule is Cc1ccc(/C=C/C(=O)O)cc1-n1cnc2ccccc21. The van der Waals surface area contributed by atoms with Crippen LogP contribution in [0.1, 0.15) is 11.1 Å². The van der Waals surface area contributed by atoms with Crippen LogP contribution >= 0.6 is 0 Å². The van der Waals surface area contributed by atoms with Gasteiger partial charge in [0.25, 0.3) is 0 Å². The predicted molar refractivity (Wildman–Crippen MR) is 82.5 cm³/mol. The summed E-state index contributed by atoms with van der Waals surface area (Å²) in [7, 11) is 0. The summed E-state index contributed by atoms with van der Waals surface area (Å²) in [6.07, 6.45) is 4.52. The molecule has 1 aromatic heterocycles. The van der Waals surface area contributed by atoms with Crippen LogP contribution in [-0.4, -0.2) is 20.6 Å². The highest BCUT2D eigenvalue weighted by Gasteiger charge is 2.06. The Morgan fingerprint density at radius 1 is 1.24 bits per heavy atom. The Labute approximate surface area is 122 Å². The van der Waals surface area contributed by atoms with Gasteiger partial charge in [0.2, 0.25) is 0 Å². The van der Waals surface area contributed by atoms with E-state index in [2.05, 4.69) is 4.98 Å². The molecule has 0 amide bonds. The van der Waals surface area contributed by atoms with Crippen LogP contribution in [0.15, 0.2) is 54.9 Å². The van der Waals surface area contributed by atoms with E-state index in [0.717, 1.165) is 33.9 Å². The molecular weight excluding hydrogens is 264 g/mol. The number of para-hydroxylation sites is 2. The molecule has 0 saturated carbocycles. The van der Waals surface area contributed by atoms with Crippen LogP contribution in [0.25, 0.3) is 22.8 Å². The zero-order chi connectivity index (χ0) is 14.8. The lowest BCUT2D eigenvalue weighted by molar-refractivity contribution is -0.131. The Morgan fingerprint density at radius 2 is 2.05 bits per heavy atom. The minimum atomic E-state index is -0.954. The Kier molecular flexibility index (Phi) is 3.28. The number of nitrogens with zero attached hydrogens (tertiary/aromatic N) is 2. The molecule has 0 radical (unpaired) electrons. The first-order valence-corrected chi connectivity index (χ1v) is 6.59. The molecule has 3 aromatic rings. The average molecular weight is 278 g/mol. The first-order chi connectivity index (χ1) is 10.1. The van der Waals surface area contributed by atoms with Crippen molar-refractivity contribution in [3.8, 4) is 5.69 Å². The van der Waals surface area contributed by atoms with E-state index in [-0.39, 0.29) is 0 Å². The average Bonchev–Trinajstić information content (AvgIpc) is 2.90. The van der Waals surface area contributed by atoms with Crippen LogP contribution in [0.2, 0.25) is 0 Å². The highest BCUT2D eigenvalue weighted by Crippen LogP contribution is 2.22. The highest BCUT2D eigenvalue weighted by molar-refractivity contribution is 5.85. The van der Waals surface area contributed by atoms with Gasteiger partial charge in [-0.15, -0.1) is 0 Å². The summed E-state index contributed by atoms with van der Waals surface area (Å²) in [5.41, 5.74) is 4.90. The van der Waals surface area contributed by atoms with E-state index < -0.39 is 5.97 Å². The van der Waals surface area contributed by atoms with Crippen molar-refractivity contribution >= 4 is 23.1 Å². The molecule has 4 nitrogen and oxygen atoms in total. The van der Waals surface area contributed by atoms with Gasteiger partial charge < -0.3 is 5.11 Å². The number of benzene rings is 2. The topological polar surface area (TPSA) is 55.1 Å². The van der Waals surface area contributed by atoms with Crippen LogP contribution in [0.3, 0.4) is 0 Å². The molecule has 1 heterocycles. The van der Waals surface area contributed by atoms with Gasteiger partial charge >= 0.3 is 5.97 Å². The Hall–Kier alpha value is -2.88. The quantitative estimate of drug-likeness (QED) is 0.747. The van der Waals surface area contributed by atoms with Crippen molar-refractivity contribution in [3.63, 3.8) is 0 Å². The second-order valence-corrected chi connectivity index (χ2v) is 4.82. The lowest BCUT2D eigenvalue weighted by atomic mass is 10.1. The molecule has 0 spiro atoms. The van der Waals surface area contributed by atoms with Crippen LogP contribution in [0.5, 0.6) is 0 Å².